The average Bonchev–Trinajstić information content (AvgIpc) is 3.03. The second-order valence-electron chi connectivity index (χ2n) is 6.04. The molecule has 0 saturated heterocycles. The molecule has 0 aromatic heterocycles. The third-order valence-electron chi connectivity index (χ3n) is 5.23. The Hall–Kier alpha value is 1.40. The molecule has 6 atom stereocenters. The SMILES string of the molecule is SCCSC1CC2C3CC(SCCS)C(C3)C2C1. The predicted octanol–water partition coefficient (Wildman–Crippen LogP) is 4.12. The van der Waals surface area contributed by atoms with E-state index in [-0.39, 0.29) is 0 Å². The Morgan fingerprint density at radius 2 is 1.50 bits per heavy atom. The van der Waals surface area contributed by atoms with Crippen molar-refractivity contribution < 1.29 is 0 Å². The zero-order valence-electron chi connectivity index (χ0n) is 10.8. The molecule has 0 amide bonds. The van der Waals surface area contributed by atoms with Crippen LogP contribution in [0, 0.1) is 23.7 Å². The summed E-state index contributed by atoms with van der Waals surface area (Å²) in [5, 5.41) is 1.95. The van der Waals surface area contributed by atoms with E-state index < -0.39 is 0 Å². The van der Waals surface area contributed by atoms with E-state index >= 15 is 0 Å². The van der Waals surface area contributed by atoms with E-state index in [9.17, 15) is 0 Å². The maximum atomic E-state index is 4.36. The van der Waals surface area contributed by atoms with Gasteiger partial charge in [0, 0.05) is 22.0 Å². The van der Waals surface area contributed by atoms with Crippen LogP contribution in [0.25, 0.3) is 0 Å². The van der Waals surface area contributed by atoms with Gasteiger partial charge in [-0.25, -0.2) is 0 Å². The van der Waals surface area contributed by atoms with Gasteiger partial charge >= 0.3 is 0 Å². The minimum Gasteiger partial charge on any atom is -0.179 e. The Balaban J connectivity index is 1.55. The summed E-state index contributed by atoms with van der Waals surface area (Å²) in [7, 11) is 0. The Bertz CT molecular complexity index is 283. The van der Waals surface area contributed by atoms with Crippen molar-refractivity contribution in [2.45, 2.75) is 36.2 Å². The van der Waals surface area contributed by atoms with Crippen molar-refractivity contribution in [3.63, 3.8) is 0 Å². The van der Waals surface area contributed by atoms with E-state index in [4.69, 9.17) is 0 Å². The number of rotatable bonds is 6. The van der Waals surface area contributed by atoms with Crippen LogP contribution in [-0.2, 0) is 0 Å². The van der Waals surface area contributed by atoms with Crippen molar-refractivity contribution in [1.82, 2.24) is 0 Å². The Labute approximate surface area is 131 Å². The second-order valence-corrected chi connectivity index (χ2v) is 9.69. The summed E-state index contributed by atoms with van der Waals surface area (Å²) in [6, 6.07) is 0. The van der Waals surface area contributed by atoms with Gasteiger partial charge in [-0.05, 0) is 60.9 Å². The van der Waals surface area contributed by atoms with Gasteiger partial charge in [0.2, 0.25) is 0 Å². The highest BCUT2D eigenvalue weighted by Crippen LogP contribution is 2.62. The number of hydrogen-bond acceptors (Lipinski definition) is 4. The number of hydrogen-bond donors (Lipinski definition) is 2. The molecule has 3 fully saturated rings. The highest BCUT2D eigenvalue weighted by atomic mass is 32.2. The Kier molecular flexibility index (Phi) is 5.14. The first-order chi connectivity index (χ1) is 8.83. The van der Waals surface area contributed by atoms with Gasteiger partial charge in [0.25, 0.3) is 0 Å². The first-order valence-corrected chi connectivity index (χ1v) is 10.6. The van der Waals surface area contributed by atoms with Crippen LogP contribution in [-0.4, -0.2) is 33.5 Å². The number of thiol groups is 2. The fourth-order valence-corrected chi connectivity index (χ4v) is 7.85. The van der Waals surface area contributed by atoms with Gasteiger partial charge in [-0.1, -0.05) is 0 Å². The lowest BCUT2D eigenvalue weighted by Crippen LogP contribution is -2.26. The van der Waals surface area contributed by atoms with Crippen LogP contribution in [0.5, 0.6) is 0 Å². The third-order valence-corrected chi connectivity index (χ3v) is 8.99. The molecule has 4 heteroatoms. The topological polar surface area (TPSA) is 0 Å². The minimum absolute atomic E-state index is 0.964. The summed E-state index contributed by atoms with van der Waals surface area (Å²) in [6.45, 7) is 0. The molecule has 6 unspecified atom stereocenters. The monoisotopic (exact) mass is 320 g/mol. The number of fused-ring (bicyclic) bond motifs is 5. The smallest absolute Gasteiger partial charge is 0.00812 e. The Morgan fingerprint density at radius 3 is 2.28 bits per heavy atom. The van der Waals surface area contributed by atoms with Crippen molar-refractivity contribution in [3.05, 3.63) is 0 Å². The van der Waals surface area contributed by atoms with E-state index in [1.54, 1.807) is 6.42 Å². The minimum atomic E-state index is 0.964. The first kappa shape index (κ1) is 14.3. The van der Waals surface area contributed by atoms with Gasteiger partial charge in [-0.15, -0.1) is 0 Å². The summed E-state index contributed by atoms with van der Waals surface area (Å²) < 4.78 is 0. The zero-order chi connectivity index (χ0) is 12.5. The van der Waals surface area contributed by atoms with E-state index in [2.05, 4.69) is 48.8 Å². The summed E-state index contributed by atoms with van der Waals surface area (Å²) >= 11 is 13.1. The van der Waals surface area contributed by atoms with Crippen molar-refractivity contribution >= 4 is 48.8 Å². The van der Waals surface area contributed by atoms with Gasteiger partial charge in [0.15, 0.2) is 0 Å². The largest absolute Gasteiger partial charge is 0.179 e. The fourth-order valence-electron chi connectivity index (χ4n) is 4.71. The summed E-state index contributed by atoms with van der Waals surface area (Å²) in [5.74, 6) is 8.92. The second kappa shape index (κ2) is 6.44. The maximum absolute atomic E-state index is 4.36. The van der Waals surface area contributed by atoms with Crippen LogP contribution in [0.1, 0.15) is 25.7 Å². The highest BCUT2D eigenvalue weighted by Gasteiger charge is 2.55. The normalized spacial score (nSPS) is 45.7. The van der Waals surface area contributed by atoms with Gasteiger partial charge in [-0.2, -0.15) is 48.8 Å². The van der Waals surface area contributed by atoms with Crippen LogP contribution >= 0.6 is 48.8 Å². The van der Waals surface area contributed by atoms with Gasteiger partial charge in [-0.3, -0.25) is 0 Å². The molecule has 0 nitrogen and oxygen atoms in total. The van der Waals surface area contributed by atoms with E-state index in [1.807, 2.05) is 0 Å². The predicted molar refractivity (Wildman–Crippen MR) is 92.6 cm³/mol. The lowest BCUT2D eigenvalue weighted by molar-refractivity contribution is 0.266. The molecule has 2 bridgehead atoms. The van der Waals surface area contributed by atoms with E-state index in [1.165, 1.54) is 30.8 Å². The molecule has 0 heterocycles. The van der Waals surface area contributed by atoms with Crippen molar-refractivity contribution in [2.75, 3.05) is 23.0 Å². The third kappa shape index (κ3) is 2.73. The molecule has 0 spiro atoms. The fraction of sp³-hybridized carbons (Fsp3) is 1.00. The van der Waals surface area contributed by atoms with Gasteiger partial charge in [0.05, 0.1) is 0 Å². The highest BCUT2D eigenvalue weighted by molar-refractivity contribution is 8.00. The van der Waals surface area contributed by atoms with Crippen LogP contribution < -0.4 is 0 Å². The molecule has 0 aromatic rings. The lowest BCUT2D eigenvalue weighted by atomic mass is 9.81. The summed E-state index contributed by atoms with van der Waals surface area (Å²) in [4.78, 5) is 0. The lowest BCUT2D eigenvalue weighted by Gasteiger charge is -2.30. The average molecular weight is 321 g/mol. The molecule has 3 saturated carbocycles. The molecule has 0 aliphatic heterocycles. The molecule has 3 rings (SSSR count). The van der Waals surface area contributed by atoms with E-state index in [0.29, 0.717) is 0 Å². The van der Waals surface area contributed by atoms with Crippen LogP contribution in [0.15, 0.2) is 0 Å². The van der Waals surface area contributed by atoms with Crippen molar-refractivity contribution in [2.24, 2.45) is 23.7 Å². The molecule has 18 heavy (non-hydrogen) atoms. The quantitative estimate of drug-likeness (QED) is 0.707. The maximum Gasteiger partial charge on any atom is 0.00812 e. The van der Waals surface area contributed by atoms with E-state index in [0.717, 1.165) is 45.7 Å². The summed E-state index contributed by atoms with van der Waals surface area (Å²) in [5.41, 5.74) is 0. The standard InChI is InChI=1S/C14H24S4/c15-1-3-17-10-7-11-9-5-13(12(11)8-10)14(6-9)18-4-2-16/h9-16H,1-8H2. The van der Waals surface area contributed by atoms with Gasteiger partial charge in [0.1, 0.15) is 0 Å². The molecule has 0 N–H and O–H groups in total. The van der Waals surface area contributed by atoms with Crippen LogP contribution in [0.3, 0.4) is 0 Å². The summed E-state index contributed by atoms with van der Waals surface area (Å²) in [6.07, 6.45) is 6.12. The van der Waals surface area contributed by atoms with Crippen molar-refractivity contribution in [3.8, 4) is 0 Å². The molecular weight excluding hydrogens is 296 g/mol. The van der Waals surface area contributed by atoms with Crippen LogP contribution in [0.2, 0.25) is 0 Å². The number of thioether (sulfide) groups is 2. The van der Waals surface area contributed by atoms with Gasteiger partial charge < -0.3 is 0 Å². The Morgan fingerprint density at radius 1 is 0.778 bits per heavy atom. The van der Waals surface area contributed by atoms with Crippen molar-refractivity contribution in [1.29, 1.82) is 0 Å². The molecule has 3 aliphatic carbocycles. The van der Waals surface area contributed by atoms with Crippen LogP contribution in [0.4, 0.5) is 0 Å². The molecular formula is C14H24S4. The molecule has 0 radical (unpaired) electrons. The molecule has 104 valence electrons. The zero-order valence-corrected chi connectivity index (χ0v) is 14.3. The first-order valence-electron chi connectivity index (χ1n) is 7.28. The molecule has 0 aromatic carbocycles. The molecule has 3 aliphatic rings.